The molecule has 0 radical (unpaired) electrons. The summed E-state index contributed by atoms with van der Waals surface area (Å²) in [5.41, 5.74) is 1.02. The first-order valence-corrected chi connectivity index (χ1v) is 8.31. The van der Waals surface area contributed by atoms with Gasteiger partial charge in [0.1, 0.15) is 0 Å². The highest BCUT2D eigenvalue weighted by Gasteiger charge is 2.13. The Hall–Kier alpha value is -1.76. The Morgan fingerprint density at radius 1 is 1.09 bits per heavy atom. The third-order valence-electron chi connectivity index (χ3n) is 3.01. The number of guanidine groups is 1. The molecule has 0 saturated carbocycles. The van der Waals surface area contributed by atoms with Gasteiger partial charge in [-0.2, -0.15) is 11.8 Å². The van der Waals surface area contributed by atoms with Gasteiger partial charge in [-0.15, -0.1) is 0 Å². The molecule has 22 heavy (non-hydrogen) atoms. The van der Waals surface area contributed by atoms with Crippen molar-refractivity contribution in [1.29, 1.82) is 0 Å². The Labute approximate surface area is 136 Å². The van der Waals surface area contributed by atoms with E-state index in [4.69, 9.17) is 14.2 Å². The van der Waals surface area contributed by atoms with E-state index in [9.17, 15) is 0 Å². The first-order valence-electron chi connectivity index (χ1n) is 6.92. The van der Waals surface area contributed by atoms with Crippen LogP contribution in [0.1, 0.15) is 5.56 Å². The molecule has 124 valence electrons. The number of aliphatic imine (C=N–C) groups is 1. The van der Waals surface area contributed by atoms with Gasteiger partial charge in [-0.25, -0.2) is 0 Å². The van der Waals surface area contributed by atoms with Gasteiger partial charge in [0.2, 0.25) is 5.75 Å². The summed E-state index contributed by atoms with van der Waals surface area (Å²) in [6.07, 6.45) is 2.08. The molecule has 0 saturated heterocycles. The minimum atomic E-state index is 0.594. The molecule has 0 unspecified atom stereocenters. The predicted octanol–water partition coefficient (Wildman–Crippen LogP) is 1.74. The number of methoxy groups -OCH3 is 3. The average molecular weight is 327 g/mol. The third kappa shape index (κ3) is 5.22. The van der Waals surface area contributed by atoms with Gasteiger partial charge < -0.3 is 24.8 Å². The van der Waals surface area contributed by atoms with Gasteiger partial charge in [-0.05, 0) is 24.0 Å². The zero-order valence-corrected chi connectivity index (χ0v) is 14.7. The van der Waals surface area contributed by atoms with Gasteiger partial charge in [0.25, 0.3) is 0 Å². The summed E-state index contributed by atoms with van der Waals surface area (Å²) in [5, 5.41) is 6.51. The number of hydrogen-bond donors (Lipinski definition) is 2. The van der Waals surface area contributed by atoms with E-state index >= 15 is 0 Å². The molecule has 1 aromatic rings. The Balaban J connectivity index is 2.76. The molecule has 0 heterocycles. The average Bonchev–Trinajstić information content (AvgIpc) is 2.56. The van der Waals surface area contributed by atoms with Crippen molar-refractivity contribution in [3.05, 3.63) is 17.7 Å². The maximum atomic E-state index is 5.35. The quantitative estimate of drug-likeness (QED) is 0.431. The van der Waals surface area contributed by atoms with Gasteiger partial charge in [0, 0.05) is 25.9 Å². The van der Waals surface area contributed by atoms with Gasteiger partial charge in [0.05, 0.1) is 21.3 Å². The van der Waals surface area contributed by atoms with E-state index in [-0.39, 0.29) is 0 Å². The second kappa shape index (κ2) is 10.0. The topological polar surface area (TPSA) is 64.1 Å². The molecule has 0 amide bonds. The fourth-order valence-electron chi connectivity index (χ4n) is 1.92. The number of hydrogen-bond acceptors (Lipinski definition) is 5. The van der Waals surface area contributed by atoms with E-state index in [1.165, 1.54) is 0 Å². The zero-order valence-electron chi connectivity index (χ0n) is 13.9. The lowest BCUT2D eigenvalue weighted by Crippen LogP contribution is -2.37. The van der Waals surface area contributed by atoms with Crippen LogP contribution in [0.25, 0.3) is 0 Å². The number of rotatable bonds is 8. The van der Waals surface area contributed by atoms with E-state index < -0.39 is 0 Å². The third-order valence-corrected chi connectivity index (χ3v) is 3.62. The van der Waals surface area contributed by atoms with Crippen molar-refractivity contribution in [3.63, 3.8) is 0 Å². The molecule has 7 heteroatoms. The summed E-state index contributed by atoms with van der Waals surface area (Å²) in [6.45, 7) is 1.48. The van der Waals surface area contributed by atoms with E-state index in [0.29, 0.717) is 23.8 Å². The molecule has 0 aliphatic rings. The van der Waals surface area contributed by atoms with Gasteiger partial charge >= 0.3 is 0 Å². The van der Waals surface area contributed by atoms with Gasteiger partial charge in [-0.3, -0.25) is 4.99 Å². The molecule has 0 spiro atoms. The summed E-state index contributed by atoms with van der Waals surface area (Å²) in [5.74, 6) is 3.68. The SMILES string of the molecule is CN=C(NCCSC)NCc1cc(OC)c(OC)c(OC)c1. The monoisotopic (exact) mass is 327 g/mol. The first kappa shape index (κ1) is 18.3. The molecular formula is C15H25N3O3S. The fourth-order valence-corrected chi connectivity index (χ4v) is 2.22. The Kier molecular flexibility index (Phi) is 8.35. The molecule has 0 fully saturated rings. The summed E-state index contributed by atoms with van der Waals surface area (Å²) in [4.78, 5) is 4.19. The Morgan fingerprint density at radius 3 is 2.18 bits per heavy atom. The second-order valence-corrected chi connectivity index (χ2v) is 5.36. The normalized spacial score (nSPS) is 11.0. The highest BCUT2D eigenvalue weighted by Crippen LogP contribution is 2.38. The first-order chi connectivity index (χ1) is 10.7. The van der Waals surface area contributed by atoms with Crippen LogP contribution in [0.3, 0.4) is 0 Å². The van der Waals surface area contributed by atoms with Crippen LogP contribution in [0.2, 0.25) is 0 Å². The van der Waals surface area contributed by atoms with Crippen LogP contribution in [0.15, 0.2) is 17.1 Å². The van der Waals surface area contributed by atoms with Crippen molar-refractivity contribution in [2.24, 2.45) is 4.99 Å². The van der Waals surface area contributed by atoms with E-state index in [1.807, 2.05) is 12.1 Å². The van der Waals surface area contributed by atoms with Crippen LogP contribution in [-0.4, -0.2) is 52.9 Å². The lowest BCUT2D eigenvalue weighted by atomic mass is 10.2. The van der Waals surface area contributed by atoms with Crippen molar-refractivity contribution < 1.29 is 14.2 Å². The highest BCUT2D eigenvalue weighted by molar-refractivity contribution is 7.98. The maximum Gasteiger partial charge on any atom is 0.203 e. The van der Waals surface area contributed by atoms with Crippen molar-refractivity contribution in [3.8, 4) is 17.2 Å². The summed E-state index contributed by atoms with van der Waals surface area (Å²) in [7, 11) is 6.56. The van der Waals surface area contributed by atoms with Crippen molar-refractivity contribution in [2.45, 2.75) is 6.54 Å². The molecule has 0 aromatic heterocycles. The van der Waals surface area contributed by atoms with Gasteiger partial charge in [0.15, 0.2) is 17.5 Å². The second-order valence-electron chi connectivity index (χ2n) is 4.38. The minimum absolute atomic E-state index is 0.594. The lowest BCUT2D eigenvalue weighted by molar-refractivity contribution is 0.323. The van der Waals surface area contributed by atoms with Crippen molar-refractivity contribution in [2.75, 3.05) is 46.9 Å². The highest BCUT2D eigenvalue weighted by atomic mass is 32.2. The number of nitrogens with zero attached hydrogens (tertiary/aromatic N) is 1. The summed E-state index contributed by atoms with van der Waals surface area (Å²) >= 11 is 1.79. The molecule has 0 aliphatic heterocycles. The lowest BCUT2D eigenvalue weighted by Gasteiger charge is -2.15. The van der Waals surface area contributed by atoms with E-state index in [0.717, 1.165) is 23.8 Å². The zero-order chi connectivity index (χ0) is 16.4. The van der Waals surface area contributed by atoms with E-state index in [2.05, 4.69) is 21.9 Å². The maximum absolute atomic E-state index is 5.35. The Morgan fingerprint density at radius 2 is 1.73 bits per heavy atom. The molecule has 1 aromatic carbocycles. The number of nitrogens with one attached hydrogen (secondary N) is 2. The van der Waals surface area contributed by atoms with Crippen molar-refractivity contribution >= 4 is 17.7 Å². The smallest absolute Gasteiger partial charge is 0.203 e. The standard InChI is InChI=1S/C15H25N3O3S/c1-16-15(17-6-7-22-5)18-10-11-8-12(19-2)14(21-4)13(9-11)20-3/h8-9H,6-7,10H2,1-5H3,(H2,16,17,18). The van der Waals surface area contributed by atoms with Crippen LogP contribution in [0, 0.1) is 0 Å². The van der Waals surface area contributed by atoms with Crippen LogP contribution >= 0.6 is 11.8 Å². The molecule has 0 bridgehead atoms. The molecule has 2 N–H and O–H groups in total. The van der Waals surface area contributed by atoms with Crippen LogP contribution in [-0.2, 0) is 6.54 Å². The van der Waals surface area contributed by atoms with Gasteiger partial charge in [-0.1, -0.05) is 0 Å². The number of benzene rings is 1. The molecule has 0 atom stereocenters. The predicted molar refractivity (Wildman–Crippen MR) is 92.7 cm³/mol. The molecular weight excluding hydrogens is 302 g/mol. The fraction of sp³-hybridized carbons (Fsp3) is 0.533. The van der Waals surface area contributed by atoms with Crippen LogP contribution in [0.4, 0.5) is 0 Å². The van der Waals surface area contributed by atoms with Crippen LogP contribution in [0.5, 0.6) is 17.2 Å². The largest absolute Gasteiger partial charge is 0.493 e. The molecule has 6 nitrogen and oxygen atoms in total. The van der Waals surface area contributed by atoms with Crippen molar-refractivity contribution in [1.82, 2.24) is 10.6 Å². The minimum Gasteiger partial charge on any atom is -0.493 e. The Bertz CT molecular complexity index is 470. The number of ether oxygens (including phenoxy) is 3. The van der Waals surface area contributed by atoms with E-state index in [1.54, 1.807) is 40.1 Å². The number of thioether (sulfide) groups is 1. The molecule has 0 aliphatic carbocycles. The summed E-state index contributed by atoms with van der Waals surface area (Å²) < 4.78 is 16.0. The summed E-state index contributed by atoms with van der Waals surface area (Å²) in [6, 6.07) is 3.84. The molecule has 1 rings (SSSR count). The van der Waals surface area contributed by atoms with Crippen LogP contribution < -0.4 is 24.8 Å².